The number of nitrogens with zero attached hydrogens (tertiary/aromatic N) is 3. The van der Waals surface area contributed by atoms with Crippen LogP contribution in [-0.2, 0) is 30.1 Å². The van der Waals surface area contributed by atoms with E-state index in [2.05, 4.69) is 57.0 Å². The van der Waals surface area contributed by atoms with Crippen LogP contribution in [0, 0.1) is 7.43 Å². The Morgan fingerprint density at radius 2 is 1.28 bits per heavy atom. The summed E-state index contributed by atoms with van der Waals surface area (Å²) in [5, 5.41) is 9.22. The van der Waals surface area contributed by atoms with Crippen LogP contribution in [-0.4, -0.2) is 61.6 Å². The molecule has 0 fully saturated rings. The average Bonchev–Trinajstić information content (AvgIpc) is 3.03. The number of pyridine rings is 1. The third-order valence-electron chi connectivity index (χ3n) is 6.09. The summed E-state index contributed by atoms with van der Waals surface area (Å²) >= 11 is 0. The van der Waals surface area contributed by atoms with Gasteiger partial charge in [0.2, 0.25) is 9.04 Å². The second kappa shape index (κ2) is 49.2. The first-order chi connectivity index (χ1) is 21.6. The minimum atomic E-state index is -1.20. The molecule has 0 unspecified atom stereocenters. The summed E-state index contributed by atoms with van der Waals surface area (Å²) in [7, 11) is 0.0508. The van der Waals surface area contributed by atoms with Crippen molar-refractivity contribution in [3.8, 4) is 0 Å². The fourth-order valence-electron chi connectivity index (χ4n) is 3.44. The number of allylic oxidation sites excluding steroid dienone is 1. The monoisotopic (exact) mass is 737 g/mol. The predicted molar refractivity (Wildman–Crippen MR) is 214 cm³/mol. The molecule has 1 aromatic heterocycles. The zero-order valence-corrected chi connectivity index (χ0v) is 36.1. The van der Waals surface area contributed by atoms with E-state index in [0.29, 0.717) is 12.3 Å². The Morgan fingerprint density at radius 1 is 0.830 bits per heavy atom. The molecule has 0 spiro atoms. The maximum atomic E-state index is 9.22. The Kier molecular flexibility index (Phi) is 60.7. The summed E-state index contributed by atoms with van der Waals surface area (Å²) < 4.78 is 15.6. The average molecular weight is 738 g/mol. The Balaban J connectivity index is -0.000000113. The zero-order valence-electron chi connectivity index (χ0n) is 32.9. The van der Waals surface area contributed by atoms with E-state index in [1.165, 1.54) is 77.0 Å². The van der Waals surface area contributed by atoms with Crippen molar-refractivity contribution < 1.29 is 30.1 Å². The Labute approximate surface area is 308 Å². The van der Waals surface area contributed by atoms with Gasteiger partial charge in [0.1, 0.15) is 0 Å². The minimum Gasteiger partial charge on any atom is -0.806 e. The van der Waals surface area contributed by atoms with Gasteiger partial charge >= 0.3 is 26.1 Å². The van der Waals surface area contributed by atoms with E-state index in [1.807, 2.05) is 45.5 Å². The van der Waals surface area contributed by atoms with Crippen molar-refractivity contribution in [3.63, 3.8) is 0 Å². The molecule has 2 radical (unpaired) electrons. The molecule has 0 aliphatic heterocycles. The molecular formula is C38H76CoN3O3Si2. The van der Waals surface area contributed by atoms with Crippen LogP contribution >= 0.6 is 0 Å². The first-order valence-corrected chi connectivity index (χ1v) is 21.9. The van der Waals surface area contributed by atoms with Crippen LogP contribution in [0.2, 0.25) is 19.6 Å². The number of hydrogen-bond donors (Lipinski definition) is 0. The fourth-order valence-corrected chi connectivity index (χ4v) is 4.93. The van der Waals surface area contributed by atoms with Gasteiger partial charge in [-0.3, -0.25) is 4.99 Å². The summed E-state index contributed by atoms with van der Waals surface area (Å²) in [6.07, 6.45) is 20.4. The van der Waals surface area contributed by atoms with Crippen LogP contribution in [0.5, 0.6) is 0 Å². The van der Waals surface area contributed by atoms with Gasteiger partial charge in [-0.15, -0.1) is 13.2 Å². The van der Waals surface area contributed by atoms with E-state index in [4.69, 9.17) is 13.3 Å². The van der Waals surface area contributed by atoms with Crippen molar-refractivity contribution in [3.05, 3.63) is 67.7 Å². The summed E-state index contributed by atoms with van der Waals surface area (Å²) in [5.74, 6) is 0. The van der Waals surface area contributed by atoms with E-state index >= 15 is 0 Å². The van der Waals surface area contributed by atoms with Crippen molar-refractivity contribution in [2.75, 3.05) is 26.9 Å². The molecule has 0 aliphatic carbocycles. The number of aromatic nitrogens is 1. The molecule has 6 nitrogen and oxygen atoms in total. The van der Waals surface area contributed by atoms with Gasteiger partial charge in [-0.2, -0.15) is 5.71 Å². The standard InChI is InChI=1S/C10H12N3.C9H20.C8H16.C5H14O2Si.C5H11OSi.CH3.Co/c1-7(11)9-5-4-6-10(13-9)8(2)12-3;1-3-5-7-9-8-6-4-2;1-3-5-7-8-6-4-2;1-4-6-8(3)7-5-2;1-4-5-6-7(2)3;;/h4-6H,1-3H3;3-9H2,1-2H3;3H,1,4-8H2,2H3;8H,4-5H2,1-3H3;4H,1,5H2,2-3H3;1H3;/q-1;;;;;-1;+2. The van der Waals surface area contributed by atoms with Gasteiger partial charge in [0.05, 0.1) is 18.0 Å². The largest absolute Gasteiger partial charge is 2.00 e. The molecule has 1 aromatic rings. The van der Waals surface area contributed by atoms with Crippen LogP contribution in [0.4, 0.5) is 0 Å². The maximum Gasteiger partial charge on any atom is 2.00 e. The van der Waals surface area contributed by atoms with Crippen LogP contribution in [0.1, 0.15) is 137 Å². The van der Waals surface area contributed by atoms with Gasteiger partial charge in [-0.1, -0.05) is 110 Å². The number of hydrogen-bond acceptors (Lipinski definition) is 5. The first-order valence-electron chi connectivity index (χ1n) is 17.4. The molecule has 1 rings (SSSR count). The topological polar surface area (TPSA) is 75.2 Å². The van der Waals surface area contributed by atoms with E-state index in [1.54, 1.807) is 26.1 Å². The fraction of sp³-hybridized carbons (Fsp3) is 0.684. The third-order valence-corrected chi connectivity index (χ3v) is 8.44. The number of aliphatic imine (C=N–C) groups is 1. The van der Waals surface area contributed by atoms with Crippen molar-refractivity contribution in [2.24, 2.45) is 4.99 Å². The van der Waals surface area contributed by atoms with Crippen molar-refractivity contribution in [2.45, 2.75) is 145 Å². The van der Waals surface area contributed by atoms with Gasteiger partial charge in [0.15, 0.2) is 0 Å². The quantitative estimate of drug-likeness (QED) is 0.0439. The molecule has 0 aromatic carbocycles. The molecule has 1 heterocycles. The third kappa shape index (κ3) is 51.8. The molecular weight excluding hydrogens is 662 g/mol. The van der Waals surface area contributed by atoms with E-state index < -0.39 is 18.3 Å². The molecule has 0 bridgehead atoms. The Morgan fingerprint density at radius 3 is 1.62 bits per heavy atom. The van der Waals surface area contributed by atoms with Gasteiger partial charge in [-0.05, 0) is 65.4 Å². The molecule has 0 atom stereocenters. The van der Waals surface area contributed by atoms with Crippen LogP contribution in [0.15, 0.2) is 48.5 Å². The summed E-state index contributed by atoms with van der Waals surface area (Å²) in [5.41, 5.74) is 2.49. The Hall–Kier alpha value is -1.21. The van der Waals surface area contributed by atoms with Crippen LogP contribution in [0.25, 0.3) is 5.41 Å². The summed E-state index contributed by atoms with van der Waals surface area (Å²) in [6.45, 7) is 29.9. The maximum absolute atomic E-state index is 9.22. The van der Waals surface area contributed by atoms with Gasteiger partial charge < -0.3 is 26.1 Å². The Bertz CT molecular complexity index is 800. The van der Waals surface area contributed by atoms with Gasteiger partial charge in [0.25, 0.3) is 0 Å². The number of rotatable bonds is 20. The summed E-state index contributed by atoms with van der Waals surface area (Å²) in [4.78, 5) is 8.25. The second-order valence-electron chi connectivity index (χ2n) is 10.7. The molecule has 9 heteroatoms. The van der Waals surface area contributed by atoms with Crippen molar-refractivity contribution >= 4 is 29.7 Å². The molecule has 47 heavy (non-hydrogen) atoms. The van der Waals surface area contributed by atoms with Crippen molar-refractivity contribution in [1.82, 2.24) is 4.98 Å². The molecule has 0 N–H and O–H groups in total. The van der Waals surface area contributed by atoms with Crippen LogP contribution < -0.4 is 0 Å². The van der Waals surface area contributed by atoms with Crippen LogP contribution in [0.3, 0.4) is 0 Å². The van der Waals surface area contributed by atoms with Crippen molar-refractivity contribution in [1.29, 1.82) is 0 Å². The summed E-state index contributed by atoms with van der Waals surface area (Å²) in [6, 6.07) is 5.49. The number of unbranched alkanes of at least 4 members (excludes halogenated alkanes) is 10. The zero-order chi connectivity index (χ0) is 35.1. The molecule has 0 saturated carbocycles. The molecule has 278 valence electrons. The normalized spacial score (nSPS) is 9.85. The molecule has 0 aliphatic rings. The van der Waals surface area contributed by atoms with E-state index in [-0.39, 0.29) is 29.9 Å². The van der Waals surface area contributed by atoms with Gasteiger partial charge in [-0.25, -0.2) is 4.98 Å². The minimum absolute atomic E-state index is 0. The molecule has 0 saturated heterocycles. The smallest absolute Gasteiger partial charge is 0.806 e. The second-order valence-corrected chi connectivity index (χ2v) is 14.6. The predicted octanol–water partition coefficient (Wildman–Crippen LogP) is 11.6. The van der Waals surface area contributed by atoms with Gasteiger partial charge in [0, 0.05) is 26.0 Å². The van der Waals surface area contributed by atoms with E-state index in [9.17, 15) is 5.41 Å². The molecule has 0 amide bonds. The van der Waals surface area contributed by atoms with E-state index in [0.717, 1.165) is 24.6 Å². The first kappa shape index (κ1) is 58.0. The SMILES string of the molecule is C=CCCCCCC.C=CCO[Si](C)C.CCCCCCCCC.CCO[SiH](C)OCC.CN=C(C)c1cccc(C(C)=[N-])n1.[CH3-].[Co+2].